The summed E-state index contributed by atoms with van der Waals surface area (Å²) < 4.78 is 0. The van der Waals surface area contributed by atoms with Gasteiger partial charge in [-0.1, -0.05) is 32.4 Å². The van der Waals surface area contributed by atoms with E-state index in [1.165, 1.54) is 0 Å². The molecule has 0 aromatic heterocycles. The zero-order valence-corrected chi connectivity index (χ0v) is 13.4. The molecule has 20 heavy (non-hydrogen) atoms. The summed E-state index contributed by atoms with van der Waals surface area (Å²) in [5.74, 6) is 0.642. The van der Waals surface area contributed by atoms with E-state index in [4.69, 9.17) is 11.6 Å². The molecule has 1 N–H and O–H groups in total. The number of benzene rings is 1. The van der Waals surface area contributed by atoms with Gasteiger partial charge in [0.2, 0.25) is 0 Å². The van der Waals surface area contributed by atoms with Gasteiger partial charge in [0.15, 0.2) is 0 Å². The van der Waals surface area contributed by atoms with Crippen LogP contribution in [-0.2, 0) is 0 Å². The van der Waals surface area contributed by atoms with Crippen molar-refractivity contribution in [2.75, 3.05) is 18.4 Å². The number of aryl methyl sites for hydroxylation is 1. The second-order valence-electron chi connectivity index (χ2n) is 6.49. The Kier molecular flexibility index (Phi) is 4.28. The van der Waals surface area contributed by atoms with Crippen molar-refractivity contribution in [3.63, 3.8) is 0 Å². The molecule has 2 amide bonds. The highest BCUT2D eigenvalue weighted by atomic mass is 35.5. The van der Waals surface area contributed by atoms with Crippen LogP contribution in [-0.4, -0.2) is 24.0 Å². The first-order valence-corrected chi connectivity index (χ1v) is 7.49. The lowest BCUT2D eigenvalue weighted by molar-refractivity contribution is 0.0884. The molecule has 1 aromatic carbocycles. The molecule has 1 fully saturated rings. The molecule has 0 aliphatic carbocycles. The zero-order valence-electron chi connectivity index (χ0n) is 12.7. The Bertz CT molecular complexity index is 513. The van der Waals surface area contributed by atoms with Gasteiger partial charge in [-0.3, -0.25) is 0 Å². The van der Waals surface area contributed by atoms with Crippen LogP contribution in [0.1, 0.15) is 32.8 Å². The fourth-order valence-electron chi connectivity index (χ4n) is 2.60. The maximum absolute atomic E-state index is 12.4. The highest BCUT2D eigenvalue weighted by molar-refractivity contribution is 6.30. The number of anilines is 1. The van der Waals surface area contributed by atoms with E-state index in [1.54, 1.807) is 6.07 Å². The molecule has 0 saturated carbocycles. The summed E-state index contributed by atoms with van der Waals surface area (Å²) >= 11 is 5.93. The number of nitrogens with one attached hydrogen (secondary N) is 1. The molecular formula is C16H23ClN2O. The molecule has 1 saturated heterocycles. The molecule has 1 heterocycles. The molecule has 4 heteroatoms. The summed E-state index contributed by atoms with van der Waals surface area (Å²) in [5, 5.41) is 3.68. The second-order valence-corrected chi connectivity index (χ2v) is 6.93. The van der Waals surface area contributed by atoms with E-state index in [0.717, 1.165) is 30.8 Å². The lowest BCUT2D eigenvalue weighted by Gasteiger charge is -2.42. The van der Waals surface area contributed by atoms with Crippen molar-refractivity contribution in [3.05, 3.63) is 28.8 Å². The summed E-state index contributed by atoms with van der Waals surface area (Å²) in [6, 6.07) is 5.49. The smallest absolute Gasteiger partial charge is 0.321 e. The minimum atomic E-state index is -0.0182. The van der Waals surface area contributed by atoms with Gasteiger partial charge in [0.05, 0.1) is 0 Å². The van der Waals surface area contributed by atoms with E-state index in [2.05, 4.69) is 26.1 Å². The quantitative estimate of drug-likeness (QED) is 0.810. The summed E-state index contributed by atoms with van der Waals surface area (Å²) in [7, 11) is 0. The van der Waals surface area contributed by atoms with Crippen molar-refractivity contribution in [2.24, 2.45) is 11.3 Å². The first kappa shape index (κ1) is 15.2. The number of hydrogen-bond acceptors (Lipinski definition) is 1. The van der Waals surface area contributed by atoms with Crippen LogP contribution in [0.4, 0.5) is 10.5 Å². The standard InChI is InChI=1S/C16H23ClN2O/c1-11-9-13(17)5-6-14(11)18-15(20)19-8-7-12(2)16(3,4)10-19/h5-6,9,12H,7-8,10H2,1-4H3,(H,18,20). The van der Waals surface area contributed by atoms with Crippen molar-refractivity contribution >= 4 is 23.3 Å². The van der Waals surface area contributed by atoms with Crippen LogP contribution in [0.3, 0.4) is 0 Å². The van der Waals surface area contributed by atoms with Crippen LogP contribution < -0.4 is 5.32 Å². The molecule has 1 atom stereocenters. The van der Waals surface area contributed by atoms with Gasteiger partial charge in [-0.05, 0) is 48.4 Å². The third kappa shape index (κ3) is 3.26. The van der Waals surface area contributed by atoms with E-state index < -0.39 is 0 Å². The number of carbonyl (C=O) groups is 1. The molecule has 2 rings (SSSR count). The number of hydrogen-bond donors (Lipinski definition) is 1. The second kappa shape index (κ2) is 5.65. The van der Waals surface area contributed by atoms with Crippen molar-refractivity contribution in [1.29, 1.82) is 0 Å². The van der Waals surface area contributed by atoms with E-state index in [-0.39, 0.29) is 11.4 Å². The molecule has 1 aromatic rings. The van der Waals surface area contributed by atoms with Crippen LogP contribution in [0, 0.1) is 18.3 Å². The largest absolute Gasteiger partial charge is 0.324 e. The number of nitrogens with zero attached hydrogens (tertiary/aromatic N) is 1. The Morgan fingerprint density at radius 2 is 2.15 bits per heavy atom. The SMILES string of the molecule is Cc1cc(Cl)ccc1NC(=O)N1CCC(C)C(C)(C)C1. The highest BCUT2D eigenvalue weighted by Crippen LogP contribution is 2.34. The van der Waals surface area contributed by atoms with Gasteiger partial charge in [0, 0.05) is 23.8 Å². The van der Waals surface area contributed by atoms with Gasteiger partial charge in [0.1, 0.15) is 0 Å². The molecule has 0 radical (unpaired) electrons. The third-order valence-corrected chi connectivity index (χ3v) is 4.72. The average molecular weight is 295 g/mol. The van der Waals surface area contributed by atoms with Crippen LogP contribution in [0.2, 0.25) is 5.02 Å². The van der Waals surface area contributed by atoms with Crippen molar-refractivity contribution in [2.45, 2.75) is 34.1 Å². The Balaban J connectivity index is 2.05. The minimum Gasteiger partial charge on any atom is -0.324 e. The normalized spacial score (nSPS) is 21.6. The first-order chi connectivity index (χ1) is 9.29. The van der Waals surface area contributed by atoms with E-state index in [0.29, 0.717) is 10.9 Å². The number of likely N-dealkylation sites (tertiary alicyclic amines) is 1. The van der Waals surface area contributed by atoms with Gasteiger partial charge in [0.25, 0.3) is 0 Å². The number of piperidine rings is 1. The predicted octanol–water partition coefficient (Wildman–Crippen LogP) is 4.55. The number of halogens is 1. The fourth-order valence-corrected chi connectivity index (χ4v) is 2.83. The molecule has 1 aliphatic rings. The molecule has 110 valence electrons. The number of rotatable bonds is 1. The predicted molar refractivity (Wildman–Crippen MR) is 84.3 cm³/mol. The Morgan fingerprint density at radius 3 is 2.75 bits per heavy atom. The monoisotopic (exact) mass is 294 g/mol. The lowest BCUT2D eigenvalue weighted by atomic mass is 9.75. The van der Waals surface area contributed by atoms with Crippen LogP contribution in [0.25, 0.3) is 0 Å². The van der Waals surface area contributed by atoms with Crippen molar-refractivity contribution < 1.29 is 4.79 Å². The third-order valence-electron chi connectivity index (χ3n) is 4.48. The maximum Gasteiger partial charge on any atom is 0.321 e. The van der Waals surface area contributed by atoms with Crippen molar-refractivity contribution in [3.8, 4) is 0 Å². The van der Waals surface area contributed by atoms with Crippen LogP contribution >= 0.6 is 11.6 Å². The molecule has 1 aliphatic heterocycles. The van der Waals surface area contributed by atoms with E-state index in [1.807, 2.05) is 24.0 Å². The van der Waals surface area contributed by atoms with Gasteiger partial charge in [-0.2, -0.15) is 0 Å². The molecule has 3 nitrogen and oxygen atoms in total. The first-order valence-electron chi connectivity index (χ1n) is 7.12. The topological polar surface area (TPSA) is 32.3 Å². The minimum absolute atomic E-state index is 0.0182. The van der Waals surface area contributed by atoms with Gasteiger partial charge in [-0.15, -0.1) is 0 Å². The Labute approximate surface area is 126 Å². The molecule has 1 unspecified atom stereocenters. The summed E-state index contributed by atoms with van der Waals surface area (Å²) in [5.41, 5.74) is 1.98. The number of amides is 2. The summed E-state index contributed by atoms with van der Waals surface area (Å²) in [6.45, 7) is 10.3. The lowest BCUT2D eigenvalue weighted by Crippen LogP contribution is -2.48. The van der Waals surface area contributed by atoms with Gasteiger partial charge >= 0.3 is 6.03 Å². The average Bonchev–Trinajstić information content (AvgIpc) is 2.36. The van der Waals surface area contributed by atoms with Crippen LogP contribution in [0.5, 0.6) is 0 Å². The molecule has 0 bridgehead atoms. The zero-order chi connectivity index (χ0) is 14.9. The summed E-state index contributed by atoms with van der Waals surface area (Å²) in [4.78, 5) is 14.3. The van der Waals surface area contributed by atoms with E-state index >= 15 is 0 Å². The molecular weight excluding hydrogens is 272 g/mol. The number of urea groups is 1. The van der Waals surface area contributed by atoms with E-state index in [9.17, 15) is 4.79 Å². The molecule has 0 spiro atoms. The highest BCUT2D eigenvalue weighted by Gasteiger charge is 2.34. The Morgan fingerprint density at radius 1 is 1.45 bits per heavy atom. The maximum atomic E-state index is 12.4. The van der Waals surface area contributed by atoms with Crippen LogP contribution in [0.15, 0.2) is 18.2 Å². The van der Waals surface area contributed by atoms with Gasteiger partial charge in [-0.25, -0.2) is 4.79 Å². The Hall–Kier alpha value is -1.22. The fraction of sp³-hybridized carbons (Fsp3) is 0.562. The number of carbonyl (C=O) groups excluding carboxylic acids is 1. The van der Waals surface area contributed by atoms with Crippen molar-refractivity contribution in [1.82, 2.24) is 4.90 Å². The summed E-state index contributed by atoms with van der Waals surface area (Å²) in [6.07, 6.45) is 1.06. The van der Waals surface area contributed by atoms with Gasteiger partial charge < -0.3 is 10.2 Å².